The van der Waals surface area contributed by atoms with Gasteiger partial charge in [0, 0.05) is 17.3 Å². The summed E-state index contributed by atoms with van der Waals surface area (Å²) in [7, 11) is 1.53. The third kappa shape index (κ3) is 4.65. The highest BCUT2D eigenvalue weighted by Crippen LogP contribution is 2.21. The van der Waals surface area contributed by atoms with Crippen molar-refractivity contribution in [3.8, 4) is 11.5 Å². The van der Waals surface area contributed by atoms with E-state index < -0.39 is 11.7 Å². The van der Waals surface area contributed by atoms with Gasteiger partial charge in [-0.1, -0.05) is 48.5 Å². The quantitative estimate of drug-likeness (QED) is 0.292. The molecule has 0 aliphatic heterocycles. The highest BCUT2D eigenvalue weighted by molar-refractivity contribution is 6.31. The second kappa shape index (κ2) is 8.68. The minimum Gasteiger partial charge on any atom is -0.508 e. The van der Waals surface area contributed by atoms with E-state index in [-0.39, 0.29) is 11.3 Å². The van der Waals surface area contributed by atoms with Crippen LogP contribution in [0.1, 0.15) is 15.9 Å². The van der Waals surface area contributed by atoms with Crippen LogP contribution >= 0.6 is 0 Å². The van der Waals surface area contributed by atoms with Crippen molar-refractivity contribution in [3.05, 3.63) is 95.6 Å². The lowest BCUT2D eigenvalue weighted by Gasteiger charge is -2.10. The molecule has 0 saturated carbocycles. The minimum absolute atomic E-state index is 0.0420. The van der Waals surface area contributed by atoms with Gasteiger partial charge in [-0.3, -0.25) is 9.59 Å². The number of phenols is 1. The van der Waals surface area contributed by atoms with Crippen LogP contribution in [0.3, 0.4) is 0 Å². The number of carbonyl (C=O) groups is 2. The Bertz CT molecular complexity index is 1030. The van der Waals surface area contributed by atoms with Crippen molar-refractivity contribution in [2.24, 2.45) is 0 Å². The van der Waals surface area contributed by atoms with Gasteiger partial charge in [0.15, 0.2) is 5.78 Å². The molecule has 0 atom stereocenters. The summed E-state index contributed by atoms with van der Waals surface area (Å²) in [6.07, 6.45) is 1.46. The normalized spacial score (nSPS) is 11.0. The van der Waals surface area contributed by atoms with E-state index >= 15 is 0 Å². The predicted octanol–water partition coefficient (Wildman–Crippen LogP) is 4.31. The Labute approximate surface area is 162 Å². The number of ketones is 1. The van der Waals surface area contributed by atoms with Gasteiger partial charge in [0.05, 0.1) is 12.7 Å². The van der Waals surface area contributed by atoms with Crippen molar-refractivity contribution in [2.75, 3.05) is 12.4 Å². The van der Waals surface area contributed by atoms with E-state index in [4.69, 9.17) is 4.74 Å². The third-order valence-corrected chi connectivity index (χ3v) is 4.03. The van der Waals surface area contributed by atoms with Crippen LogP contribution in [0.5, 0.6) is 11.5 Å². The first-order chi connectivity index (χ1) is 13.6. The van der Waals surface area contributed by atoms with E-state index in [0.717, 1.165) is 0 Å². The Kier molecular flexibility index (Phi) is 5.87. The number of anilines is 1. The highest BCUT2D eigenvalue weighted by Gasteiger charge is 2.20. The highest BCUT2D eigenvalue weighted by atomic mass is 16.5. The summed E-state index contributed by atoms with van der Waals surface area (Å²) < 4.78 is 5.16. The van der Waals surface area contributed by atoms with Gasteiger partial charge in [-0.25, -0.2) is 0 Å². The van der Waals surface area contributed by atoms with Gasteiger partial charge in [-0.05, 0) is 35.9 Å². The zero-order chi connectivity index (χ0) is 19.9. The van der Waals surface area contributed by atoms with Crippen molar-refractivity contribution >= 4 is 23.5 Å². The summed E-state index contributed by atoms with van der Waals surface area (Å²) in [6, 6.07) is 21.8. The molecule has 0 aromatic heterocycles. The number of rotatable bonds is 6. The van der Waals surface area contributed by atoms with E-state index in [9.17, 15) is 14.7 Å². The third-order valence-electron chi connectivity index (χ3n) is 4.03. The average Bonchev–Trinajstić information content (AvgIpc) is 2.72. The molecule has 0 bridgehead atoms. The van der Waals surface area contributed by atoms with Crippen LogP contribution in [-0.2, 0) is 4.79 Å². The molecule has 3 aromatic carbocycles. The smallest absolute Gasteiger partial charge is 0.259 e. The maximum atomic E-state index is 13.0. The molecule has 0 saturated heterocycles. The van der Waals surface area contributed by atoms with Gasteiger partial charge in [0.25, 0.3) is 5.91 Å². The number of carbonyl (C=O) groups excluding carboxylic acids is 2. The SMILES string of the molecule is COc1cccc(NC(=O)/C(=C/c2cccc(O)c2)C(=O)c2ccccc2)c1. The molecule has 28 heavy (non-hydrogen) atoms. The van der Waals surface area contributed by atoms with Crippen molar-refractivity contribution in [1.82, 2.24) is 0 Å². The van der Waals surface area contributed by atoms with Crippen molar-refractivity contribution in [1.29, 1.82) is 0 Å². The first kappa shape index (κ1) is 18.9. The molecular formula is C23H19NO4. The largest absolute Gasteiger partial charge is 0.508 e. The molecule has 5 heteroatoms. The minimum atomic E-state index is -0.551. The Morgan fingerprint density at radius 1 is 0.929 bits per heavy atom. The van der Waals surface area contributed by atoms with E-state index in [0.29, 0.717) is 22.6 Å². The zero-order valence-corrected chi connectivity index (χ0v) is 15.3. The number of amides is 1. The first-order valence-corrected chi connectivity index (χ1v) is 8.62. The van der Waals surface area contributed by atoms with Crippen LogP contribution in [0.25, 0.3) is 6.08 Å². The lowest BCUT2D eigenvalue weighted by atomic mass is 10.00. The summed E-state index contributed by atoms with van der Waals surface area (Å²) in [5.74, 6) is -0.325. The number of ether oxygens (including phenoxy) is 1. The summed E-state index contributed by atoms with van der Waals surface area (Å²) in [5, 5.41) is 12.4. The molecule has 3 aromatic rings. The lowest BCUT2D eigenvalue weighted by Crippen LogP contribution is -2.20. The second-order valence-corrected chi connectivity index (χ2v) is 6.03. The van der Waals surface area contributed by atoms with Gasteiger partial charge in [-0.2, -0.15) is 0 Å². The zero-order valence-electron chi connectivity index (χ0n) is 15.3. The fourth-order valence-corrected chi connectivity index (χ4v) is 2.66. The Morgan fingerprint density at radius 2 is 1.68 bits per heavy atom. The number of methoxy groups -OCH3 is 1. The molecule has 1 amide bonds. The van der Waals surface area contributed by atoms with E-state index in [2.05, 4.69) is 5.32 Å². The van der Waals surface area contributed by atoms with Gasteiger partial charge in [0.2, 0.25) is 0 Å². The molecule has 5 nitrogen and oxygen atoms in total. The van der Waals surface area contributed by atoms with Gasteiger partial charge in [-0.15, -0.1) is 0 Å². The molecule has 0 aliphatic carbocycles. The summed E-state index contributed by atoms with van der Waals surface area (Å²) >= 11 is 0. The molecule has 140 valence electrons. The Hall–Kier alpha value is -3.86. The van der Waals surface area contributed by atoms with Crippen LogP contribution in [0.4, 0.5) is 5.69 Å². The molecular weight excluding hydrogens is 354 g/mol. The topological polar surface area (TPSA) is 75.6 Å². The fraction of sp³-hybridized carbons (Fsp3) is 0.0435. The Morgan fingerprint density at radius 3 is 2.39 bits per heavy atom. The maximum Gasteiger partial charge on any atom is 0.259 e. The molecule has 0 fully saturated rings. The number of nitrogens with one attached hydrogen (secondary N) is 1. The summed E-state index contributed by atoms with van der Waals surface area (Å²) in [4.78, 5) is 25.9. The maximum absolute atomic E-state index is 13.0. The fourth-order valence-electron chi connectivity index (χ4n) is 2.66. The van der Waals surface area contributed by atoms with Crippen LogP contribution in [0.2, 0.25) is 0 Å². The molecule has 0 spiro atoms. The van der Waals surface area contributed by atoms with Crippen molar-refractivity contribution in [2.45, 2.75) is 0 Å². The average molecular weight is 373 g/mol. The molecule has 0 heterocycles. The van der Waals surface area contributed by atoms with Gasteiger partial charge < -0.3 is 15.2 Å². The van der Waals surface area contributed by atoms with E-state index in [1.54, 1.807) is 66.7 Å². The molecule has 3 rings (SSSR count). The number of Topliss-reactive ketones (excluding diaryl/α,β-unsaturated/α-hetero) is 1. The molecule has 2 N–H and O–H groups in total. The van der Waals surface area contributed by atoms with E-state index in [1.807, 2.05) is 0 Å². The van der Waals surface area contributed by atoms with Gasteiger partial charge in [0.1, 0.15) is 11.5 Å². The van der Waals surface area contributed by atoms with Crippen LogP contribution in [0.15, 0.2) is 84.4 Å². The standard InChI is InChI=1S/C23H19NO4/c1-28-20-12-6-10-18(15-20)24-23(27)21(14-16-7-5-11-19(25)13-16)22(26)17-8-3-2-4-9-17/h2-15,25H,1H3,(H,24,27)/b21-14+. The second-order valence-electron chi connectivity index (χ2n) is 6.03. The Balaban J connectivity index is 1.97. The number of benzene rings is 3. The van der Waals surface area contributed by atoms with Crippen LogP contribution in [-0.4, -0.2) is 23.9 Å². The number of hydrogen-bond acceptors (Lipinski definition) is 4. The van der Waals surface area contributed by atoms with E-state index in [1.165, 1.54) is 25.3 Å². The predicted molar refractivity (Wildman–Crippen MR) is 108 cm³/mol. The molecule has 0 aliphatic rings. The van der Waals surface area contributed by atoms with Crippen molar-refractivity contribution in [3.63, 3.8) is 0 Å². The molecule has 0 radical (unpaired) electrons. The number of hydrogen-bond donors (Lipinski definition) is 2. The summed E-state index contributed by atoms with van der Waals surface area (Å²) in [5.41, 5.74) is 1.40. The first-order valence-electron chi connectivity index (χ1n) is 8.62. The number of phenolic OH excluding ortho intramolecular Hbond substituents is 1. The monoisotopic (exact) mass is 373 g/mol. The lowest BCUT2D eigenvalue weighted by molar-refractivity contribution is -0.112. The van der Waals surface area contributed by atoms with Crippen LogP contribution < -0.4 is 10.1 Å². The van der Waals surface area contributed by atoms with Crippen LogP contribution in [0, 0.1) is 0 Å². The molecule has 0 unspecified atom stereocenters. The van der Waals surface area contributed by atoms with Gasteiger partial charge >= 0.3 is 0 Å². The number of aromatic hydroxyl groups is 1. The van der Waals surface area contributed by atoms with Crippen molar-refractivity contribution < 1.29 is 19.4 Å². The summed E-state index contributed by atoms with van der Waals surface area (Å²) in [6.45, 7) is 0.